The molecule has 3 rings (SSSR count). The molecule has 0 aliphatic carbocycles. The van der Waals surface area contributed by atoms with Crippen LogP contribution in [0.5, 0.6) is 0 Å². The van der Waals surface area contributed by atoms with Gasteiger partial charge in [-0.1, -0.05) is 0 Å². The molecule has 20 heavy (non-hydrogen) atoms. The van der Waals surface area contributed by atoms with E-state index >= 15 is 0 Å². The molecule has 0 saturated carbocycles. The van der Waals surface area contributed by atoms with Crippen molar-refractivity contribution in [3.05, 3.63) is 17.1 Å². The predicted octanol–water partition coefficient (Wildman–Crippen LogP) is 3.08. The van der Waals surface area contributed by atoms with Crippen LogP contribution < -0.4 is 11.1 Å². The van der Waals surface area contributed by atoms with E-state index in [1.54, 1.807) is 11.3 Å². The van der Waals surface area contributed by atoms with Crippen molar-refractivity contribution in [3.63, 3.8) is 0 Å². The maximum Gasteiger partial charge on any atom is 0.0907 e. The van der Waals surface area contributed by atoms with E-state index in [0.717, 1.165) is 33.1 Å². The first-order valence-electron chi connectivity index (χ1n) is 7.28. The largest absolute Gasteiger partial charge is 0.397 e. The number of nitrogens with one attached hydrogen (secondary N) is 1. The number of rotatable bonds is 4. The van der Waals surface area contributed by atoms with E-state index in [1.807, 2.05) is 13.0 Å². The second-order valence-corrected chi connectivity index (χ2v) is 6.85. The molecule has 3 N–H and O–H groups in total. The number of nitrogens with zero attached hydrogens (tertiary/aromatic N) is 2. The highest BCUT2D eigenvalue weighted by molar-refractivity contribution is 7.18. The number of thiazole rings is 1. The van der Waals surface area contributed by atoms with Gasteiger partial charge < -0.3 is 11.1 Å². The van der Waals surface area contributed by atoms with E-state index in [1.165, 1.54) is 25.9 Å². The summed E-state index contributed by atoms with van der Waals surface area (Å²) in [6, 6.07) is 4.65. The third kappa shape index (κ3) is 2.74. The summed E-state index contributed by atoms with van der Waals surface area (Å²) in [5, 5.41) is 4.57. The number of hydrogen-bond donors (Lipinski definition) is 2. The highest BCUT2D eigenvalue weighted by Crippen LogP contribution is 2.29. The van der Waals surface area contributed by atoms with E-state index in [-0.39, 0.29) is 0 Å². The van der Waals surface area contributed by atoms with Crippen molar-refractivity contribution >= 4 is 32.9 Å². The van der Waals surface area contributed by atoms with E-state index in [0.29, 0.717) is 6.04 Å². The SMILES string of the molecule is Cc1nc2cc(NCC(C)N3CCCC3)c(N)cc2s1. The molecule has 0 spiro atoms. The average Bonchev–Trinajstić information content (AvgIpc) is 3.03. The summed E-state index contributed by atoms with van der Waals surface area (Å²) in [7, 11) is 0. The Morgan fingerprint density at radius 3 is 2.90 bits per heavy atom. The zero-order valence-electron chi connectivity index (χ0n) is 12.1. The fourth-order valence-electron chi connectivity index (χ4n) is 2.83. The van der Waals surface area contributed by atoms with Crippen LogP contribution in [0.4, 0.5) is 11.4 Å². The molecule has 1 aliphatic rings. The van der Waals surface area contributed by atoms with Gasteiger partial charge in [0, 0.05) is 12.6 Å². The number of nitrogen functional groups attached to an aromatic ring is 1. The van der Waals surface area contributed by atoms with Crippen LogP contribution in [0.15, 0.2) is 12.1 Å². The number of aromatic nitrogens is 1. The Kier molecular flexibility index (Phi) is 3.81. The number of benzene rings is 1. The zero-order valence-corrected chi connectivity index (χ0v) is 13.0. The minimum Gasteiger partial charge on any atom is -0.397 e. The Labute approximate surface area is 124 Å². The van der Waals surface area contributed by atoms with Crippen LogP contribution in [0.2, 0.25) is 0 Å². The lowest BCUT2D eigenvalue weighted by Crippen LogP contribution is -2.35. The number of hydrogen-bond acceptors (Lipinski definition) is 5. The summed E-state index contributed by atoms with van der Waals surface area (Å²) in [6.45, 7) is 7.69. The molecule has 108 valence electrons. The first-order valence-corrected chi connectivity index (χ1v) is 8.10. The van der Waals surface area contributed by atoms with Gasteiger partial charge in [-0.2, -0.15) is 0 Å². The minimum absolute atomic E-state index is 0.546. The highest BCUT2D eigenvalue weighted by atomic mass is 32.1. The van der Waals surface area contributed by atoms with Crippen LogP contribution in [-0.4, -0.2) is 35.6 Å². The Morgan fingerprint density at radius 1 is 1.40 bits per heavy atom. The van der Waals surface area contributed by atoms with Crippen molar-refractivity contribution in [2.45, 2.75) is 32.7 Å². The molecule has 1 saturated heterocycles. The molecule has 4 nitrogen and oxygen atoms in total. The number of likely N-dealkylation sites (tertiary alicyclic amines) is 1. The summed E-state index contributed by atoms with van der Waals surface area (Å²) in [6.07, 6.45) is 2.66. The van der Waals surface area contributed by atoms with Gasteiger partial charge in [-0.3, -0.25) is 4.90 Å². The molecular formula is C15H22N4S. The van der Waals surface area contributed by atoms with Crippen LogP contribution in [0.25, 0.3) is 10.2 Å². The fraction of sp³-hybridized carbons (Fsp3) is 0.533. The number of anilines is 2. The molecule has 2 aromatic rings. The highest BCUT2D eigenvalue weighted by Gasteiger charge is 2.18. The van der Waals surface area contributed by atoms with Crippen LogP contribution in [0.1, 0.15) is 24.8 Å². The molecule has 0 radical (unpaired) electrons. The van der Waals surface area contributed by atoms with Crippen LogP contribution >= 0.6 is 11.3 Å². The van der Waals surface area contributed by atoms with Crippen molar-refractivity contribution in [2.75, 3.05) is 30.7 Å². The Morgan fingerprint density at radius 2 is 2.15 bits per heavy atom. The van der Waals surface area contributed by atoms with Gasteiger partial charge in [0.2, 0.25) is 0 Å². The van der Waals surface area contributed by atoms with E-state index in [4.69, 9.17) is 5.73 Å². The summed E-state index contributed by atoms with van der Waals surface area (Å²) >= 11 is 1.69. The van der Waals surface area contributed by atoms with Crippen molar-refractivity contribution in [1.29, 1.82) is 0 Å². The first-order chi connectivity index (χ1) is 9.63. The van der Waals surface area contributed by atoms with Crippen LogP contribution in [0, 0.1) is 6.92 Å². The lowest BCUT2D eigenvalue weighted by molar-refractivity contribution is 0.269. The van der Waals surface area contributed by atoms with Gasteiger partial charge in [0.25, 0.3) is 0 Å². The molecule has 5 heteroatoms. The molecule has 1 fully saturated rings. The predicted molar refractivity (Wildman–Crippen MR) is 87.5 cm³/mol. The molecule has 1 aromatic carbocycles. The second-order valence-electron chi connectivity index (χ2n) is 5.61. The molecule has 1 unspecified atom stereocenters. The standard InChI is InChI=1S/C15H22N4S/c1-10(19-5-3-4-6-19)9-17-13-8-14-15(7-12(13)16)20-11(2)18-14/h7-8,10,17H,3-6,9,16H2,1-2H3. The molecule has 1 atom stereocenters. The van der Waals surface area contributed by atoms with Gasteiger partial charge in [-0.15, -0.1) is 11.3 Å². The van der Waals surface area contributed by atoms with Gasteiger partial charge in [-0.05, 0) is 51.9 Å². The molecule has 2 heterocycles. The Hall–Kier alpha value is -1.33. The van der Waals surface area contributed by atoms with E-state index in [2.05, 4.69) is 28.2 Å². The van der Waals surface area contributed by atoms with E-state index < -0.39 is 0 Å². The maximum absolute atomic E-state index is 6.14. The van der Waals surface area contributed by atoms with Crippen molar-refractivity contribution < 1.29 is 0 Å². The maximum atomic E-state index is 6.14. The molecule has 1 aromatic heterocycles. The van der Waals surface area contributed by atoms with Gasteiger partial charge in [0.05, 0.1) is 26.6 Å². The quantitative estimate of drug-likeness (QED) is 0.850. The first kappa shape index (κ1) is 13.6. The normalized spacial score (nSPS) is 17.7. The van der Waals surface area contributed by atoms with Gasteiger partial charge in [0.1, 0.15) is 0 Å². The Bertz CT molecular complexity index is 601. The molecule has 0 bridgehead atoms. The average molecular weight is 290 g/mol. The van der Waals surface area contributed by atoms with Crippen molar-refractivity contribution in [2.24, 2.45) is 0 Å². The smallest absolute Gasteiger partial charge is 0.0907 e. The van der Waals surface area contributed by atoms with Crippen LogP contribution in [-0.2, 0) is 0 Å². The lowest BCUT2D eigenvalue weighted by Gasteiger charge is -2.24. The number of aryl methyl sites for hydroxylation is 1. The zero-order chi connectivity index (χ0) is 14.1. The summed E-state index contributed by atoms with van der Waals surface area (Å²) in [4.78, 5) is 7.07. The number of nitrogens with two attached hydrogens (primary N) is 1. The van der Waals surface area contributed by atoms with Gasteiger partial charge in [0.15, 0.2) is 0 Å². The summed E-state index contributed by atoms with van der Waals surface area (Å²) in [5.74, 6) is 0. The molecular weight excluding hydrogens is 268 g/mol. The second kappa shape index (κ2) is 5.58. The Balaban J connectivity index is 1.71. The van der Waals surface area contributed by atoms with Crippen molar-refractivity contribution in [1.82, 2.24) is 9.88 Å². The van der Waals surface area contributed by atoms with Crippen LogP contribution in [0.3, 0.4) is 0 Å². The topological polar surface area (TPSA) is 54.2 Å². The number of fused-ring (bicyclic) bond motifs is 1. The summed E-state index contributed by atoms with van der Waals surface area (Å²) in [5.41, 5.74) is 9.00. The van der Waals surface area contributed by atoms with E-state index in [9.17, 15) is 0 Å². The lowest BCUT2D eigenvalue weighted by atomic mass is 10.2. The fourth-order valence-corrected chi connectivity index (χ4v) is 3.68. The van der Waals surface area contributed by atoms with Gasteiger partial charge in [-0.25, -0.2) is 4.98 Å². The molecule has 1 aliphatic heterocycles. The third-order valence-corrected chi connectivity index (χ3v) is 4.95. The molecule has 0 amide bonds. The minimum atomic E-state index is 0.546. The monoisotopic (exact) mass is 290 g/mol. The summed E-state index contributed by atoms with van der Waals surface area (Å²) < 4.78 is 1.16. The van der Waals surface area contributed by atoms with Gasteiger partial charge >= 0.3 is 0 Å². The van der Waals surface area contributed by atoms with Crippen molar-refractivity contribution in [3.8, 4) is 0 Å². The third-order valence-electron chi connectivity index (χ3n) is 4.02.